The fourth-order valence-corrected chi connectivity index (χ4v) is 4.44. The third-order valence-electron chi connectivity index (χ3n) is 4.53. The van der Waals surface area contributed by atoms with Gasteiger partial charge in [0.15, 0.2) is 5.78 Å². The van der Waals surface area contributed by atoms with Crippen molar-refractivity contribution in [2.45, 2.75) is 26.7 Å². The summed E-state index contributed by atoms with van der Waals surface area (Å²) in [5.74, 6) is 0.751. The van der Waals surface area contributed by atoms with Crippen LogP contribution in [0.4, 0.5) is 0 Å². The van der Waals surface area contributed by atoms with Crippen molar-refractivity contribution in [1.82, 2.24) is 4.98 Å². The molecule has 1 heterocycles. The zero-order chi connectivity index (χ0) is 19.2. The van der Waals surface area contributed by atoms with E-state index in [1.165, 1.54) is 11.3 Å². The lowest BCUT2D eigenvalue weighted by Gasteiger charge is -2.29. The van der Waals surface area contributed by atoms with E-state index in [0.717, 1.165) is 10.2 Å². The van der Waals surface area contributed by atoms with Crippen LogP contribution in [0.25, 0.3) is 15.8 Å². The van der Waals surface area contributed by atoms with E-state index in [-0.39, 0.29) is 17.0 Å². The van der Waals surface area contributed by atoms with Gasteiger partial charge in [0.05, 0.1) is 15.8 Å². The summed E-state index contributed by atoms with van der Waals surface area (Å²) >= 11 is 7.42. The predicted molar refractivity (Wildman–Crippen MR) is 109 cm³/mol. The maximum Gasteiger partial charge on any atom is 0.279 e. The Morgan fingerprint density at radius 1 is 1.15 bits per heavy atom. The second kappa shape index (κ2) is 6.66. The number of thiazole rings is 1. The largest absolute Gasteiger partial charge is 0.512 e. The van der Waals surface area contributed by atoms with Gasteiger partial charge in [-0.05, 0) is 41.3 Å². The Morgan fingerprint density at radius 3 is 2.59 bits per heavy atom. The molecule has 0 saturated heterocycles. The second-order valence-corrected chi connectivity index (χ2v) is 8.91. The quantitative estimate of drug-likeness (QED) is 0.553. The lowest BCUT2D eigenvalue weighted by atomic mass is 9.75. The summed E-state index contributed by atoms with van der Waals surface area (Å²) in [4.78, 5) is 16.9. The van der Waals surface area contributed by atoms with Gasteiger partial charge in [-0.3, -0.25) is 4.79 Å². The topological polar surface area (TPSA) is 59.4 Å². The molecule has 4 rings (SSSR count). The second-order valence-electron chi connectivity index (χ2n) is 7.48. The molecule has 1 N–H and O–H groups in total. The van der Waals surface area contributed by atoms with Crippen molar-refractivity contribution in [2.24, 2.45) is 5.41 Å². The number of rotatable bonds is 3. The highest BCUT2D eigenvalue weighted by molar-refractivity contribution is 7.20. The molecule has 2 aromatic carbocycles. The molecule has 0 radical (unpaired) electrons. The van der Waals surface area contributed by atoms with Crippen LogP contribution >= 0.6 is 22.9 Å². The number of carbonyl (C=O) groups excluding carboxylic acids is 1. The minimum Gasteiger partial charge on any atom is -0.512 e. The highest BCUT2D eigenvalue weighted by Gasteiger charge is 2.33. The fourth-order valence-electron chi connectivity index (χ4n) is 3.33. The van der Waals surface area contributed by atoms with Crippen molar-refractivity contribution < 1.29 is 14.6 Å². The number of carbonyl (C=O) groups is 1. The first-order valence-corrected chi connectivity index (χ1v) is 9.80. The third-order valence-corrected chi connectivity index (χ3v) is 5.66. The van der Waals surface area contributed by atoms with Crippen LogP contribution in [0, 0.1) is 5.41 Å². The number of nitrogens with zero attached hydrogens (tertiary/aromatic N) is 1. The van der Waals surface area contributed by atoms with Crippen LogP contribution < -0.4 is 4.74 Å². The van der Waals surface area contributed by atoms with E-state index in [9.17, 15) is 9.90 Å². The number of hydrogen-bond acceptors (Lipinski definition) is 5. The highest BCUT2D eigenvalue weighted by atomic mass is 35.5. The van der Waals surface area contributed by atoms with Gasteiger partial charge >= 0.3 is 0 Å². The van der Waals surface area contributed by atoms with Gasteiger partial charge in [0.25, 0.3) is 5.19 Å². The SMILES string of the molecule is CC1(C)CC(=O)C(c2ccc(Oc3nc4ccc(Cl)cc4s3)cc2)=C(O)C1. The molecule has 0 fully saturated rings. The van der Waals surface area contributed by atoms with Crippen LogP contribution in [0.15, 0.2) is 48.2 Å². The lowest BCUT2D eigenvalue weighted by molar-refractivity contribution is -0.116. The highest BCUT2D eigenvalue weighted by Crippen LogP contribution is 2.40. The summed E-state index contributed by atoms with van der Waals surface area (Å²) in [7, 11) is 0. The normalized spacial score (nSPS) is 16.8. The number of Topliss-reactive ketones (excluding diaryl/α,β-unsaturated/α-hetero) is 1. The summed E-state index contributed by atoms with van der Waals surface area (Å²) in [6.07, 6.45) is 0.930. The van der Waals surface area contributed by atoms with Gasteiger partial charge in [0.1, 0.15) is 11.5 Å². The summed E-state index contributed by atoms with van der Waals surface area (Å²) in [5.41, 5.74) is 1.75. The summed E-state index contributed by atoms with van der Waals surface area (Å²) in [5, 5.41) is 11.5. The van der Waals surface area contributed by atoms with E-state index in [4.69, 9.17) is 16.3 Å². The average molecular weight is 400 g/mol. The van der Waals surface area contributed by atoms with E-state index in [0.29, 0.717) is 39.9 Å². The average Bonchev–Trinajstić information content (AvgIpc) is 2.96. The van der Waals surface area contributed by atoms with Crippen molar-refractivity contribution in [2.75, 3.05) is 0 Å². The number of aliphatic hydroxyl groups excluding tert-OH is 1. The van der Waals surface area contributed by atoms with Crippen LogP contribution in [0.1, 0.15) is 32.3 Å². The maximum absolute atomic E-state index is 12.5. The van der Waals surface area contributed by atoms with Crippen LogP contribution in [0.3, 0.4) is 0 Å². The molecular formula is C21H18ClNO3S. The molecule has 0 spiro atoms. The lowest BCUT2D eigenvalue weighted by Crippen LogP contribution is -2.25. The Labute approximate surface area is 166 Å². The molecule has 0 unspecified atom stereocenters. The van der Waals surface area contributed by atoms with Crippen LogP contribution in [-0.2, 0) is 4.79 Å². The van der Waals surface area contributed by atoms with E-state index >= 15 is 0 Å². The molecular weight excluding hydrogens is 382 g/mol. The number of aromatic nitrogens is 1. The molecule has 1 aliphatic carbocycles. The summed E-state index contributed by atoms with van der Waals surface area (Å²) in [6, 6.07) is 12.7. The third kappa shape index (κ3) is 3.70. The molecule has 1 aliphatic rings. The molecule has 0 bridgehead atoms. The Bertz CT molecular complexity index is 1070. The number of hydrogen-bond donors (Lipinski definition) is 1. The van der Waals surface area contributed by atoms with Gasteiger partial charge in [0, 0.05) is 17.9 Å². The Hall–Kier alpha value is -2.37. The van der Waals surface area contributed by atoms with Crippen molar-refractivity contribution in [3.8, 4) is 10.9 Å². The van der Waals surface area contributed by atoms with Gasteiger partial charge in [-0.25, -0.2) is 4.98 Å². The molecule has 0 atom stereocenters. The van der Waals surface area contributed by atoms with Crippen molar-refractivity contribution in [1.29, 1.82) is 0 Å². The number of ether oxygens (including phenoxy) is 1. The van der Waals surface area contributed by atoms with E-state index < -0.39 is 0 Å². The van der Waals surface area contributed by atoms with Crippen LogP contribution in [0.5, 0.6) is 10.9 Å². The molecule has 0 saturated carbocycles. The summed E-state index contributed by atoms with van der Waals surface area (Å²) in [6.45, 7) is 3.97. The zero-order valence-electron chi connectivity index (χ0n) is 15.0. The van der Waals surface area contributed by atoms with Gasteiger partial charge < -0.3 is 9.84 Å². The number of allylic oxidation sites excluding steroid dienone is 2. The van der Waals surface area contributed by atoms with Gasteiger partial charge in [-0.1, -0.05) is 48.9 Å². The zero-order valence-corrected chi connectivity index (χ0v) is 16.5. The molecule has 0 aliphatic heterocycles. The van der Waals surface area contributed by atoms with E-state index in [1.54, 1.807) is 30.3 Å². The first kappa shape index (κ1) is 18.0. The van der Waals surface area contributed by atoms with Gasteiger partial charge in [-0.15, -0.1) is 0 Å². The fraction of sp³-hybridized carbons (Fsp3) is 0.238. The minimum absolute atomic E-state index is 0.0273. The number of halogens is 1. The molecule has 1 aromatic heterocycles. The van der Waals surface area contributed by atoms with Crippen LogP contribution in [0.2, 0.25) is 5.02 Å². The Morgan fingerprint density at radius 2 is 1.89 bits per heavy atom. The van der Waals surface area contributed by atoms with E-state index in [1.807, 2.05) is 26.0 Å². The summed E-state index contributed by atoms with van der Waals surface area (Å²) < 4.78 is 6.79. The van der Waals surface area contributed by atoms with E-state index in [2.05, 4.69) is 4.98 Å². The number of ketones is 1. The standard InChI is InChI=1S/C21H18ClNO3S/c1-21(2)10-16(24)19(17(25)11-21)12-3-6-14(7-4-12)26-20-23-15-8-5-13(22)9-18(15)27-20/h3-9,24H,10-11H2,1-2H3. The molecule has 4 nitrogen and oxygen atoms in total. The maximum atomic E-state index is 12.5. The molecule has 6 heteroatoms. The molecule has 27 heavy (non-hydrogen) atoms. The first-order valence-electron chi connectivity index (χ1n) is 8.60. The predicted octanol–water partition coefficient (Wildman–Crippen LogP) is 6.40. The van der Waals surface area contributed by atoms with Crippen LogP contribution in [-0.4, -0.2) is 15.9 Å². The Kier molecular flexibility index (Phi) is 4.44. The number of fused-ring (bicyclic) bond motifs is 1. The number of aliphatic hydroxyl groups is 1. The first-order chi connectivity index (χ1) is 12.8. The van der Waals surface area contributed by atoms with Crippen molar-refractivity contribution >= 4 is 44.5 Å². The van der Waals surface area contributed by atoms with Crippen molar-refractivity contribution in [3.05, 3.63) is 58.8 Å². The van der Waals surface area contributed by atoms with Gasteiger partial charge in [-0.2, -0.15) is 0 Å². The Balaban J connectivity index is 1.57. The van der Waals surface area contributed by atoms with Crippen molar-refractivity contribution in [3.63, 3.8) is 0 Å². The molecule has 3 aromatic rings. The molecule has 0 amide bonds. The smallest absolute Gasteiger partial charge is 0.279 e. The monoisotopic (exact) mass is 399 g/mol. The minimum atomic E-state index is -0.205. The number of benzene rings is 2. The van der Waals surface area contributed by atoms with Gasteiger partial charge in [0.2, 0.25) is 0 Å². The molecule has 138 valence electrons.